The van der Waals surface area contributed by atoms with E-state index >= 15 is 0 Å². The molecule has 1 aromatic heterocycles. The van der Waals surface area contributed by atoms with E-state index in [1.807, 2.05) is 0 Å². The number of ketones is 1. The fourth-order valence-electron chi connectivity index (χ4n) is 1.81. The van der Waals surface area contributed by atoms with Crippen LogP contribution in [0.4, 0.5) is 0 Å². The Morgan fingerprint density at radius 2 is 2.62 bits per heavy atom. The number of hydrogen-bond donors (Lipinski definition) is 1. The lowest BCUT2D eigenvalue weighted by Gasteiger charge is -2.22. The van der Waals surface area contributed by atoms with Crippen molar-refractivity contribution in [3.63, 3.8) is 0 Å². The highest BCUT2D eigenvalue weighted by Crippen LogP contribution is 2.10. The van der Waals surface area contributed by atoms with Crippen molar-refractivity contribution in [1.29, 1.82) is 0 Å². The number of thiazole rings is 1. The number of Topliss-reactive ketones (excluding diaryl/α,β-unsaturated/α-hetero) is 1. The number of aromatic nitrogens is 1. The summed E-state index contributed by atoms with van der Waals surface area (Å²) in [4.78, 5) is 15.5. The van der Waals surface area contributed by atoms with Gasteiger partial charge in [0, 0.05) is 18.1 Å². The van der Waals surface area contributed by atoms with Crippen LogP contribution in [0.15, 0.2) is 11.6 Å². The number of rotatable bonds is 5. The zero-order valence-electron chi connectivity index (χ0n) is 9.15. The maximum atomic E-state index is 11.6. The molecule has 4 nitrogen and oxygen atoms in total. The molecule has 1 atom stereocenters. The molecule has 0 amide bonds. The predicted octanol–water partition coefficient (Wildman–Crippen LogP) is 1.34. The average molecular weight is 240 g/mol. The Bertz CT molecular complexity index is 321. The Hall–Kier alpha value is -0.780. The van der Waals surface area contributed by atoms with E-state index in [-0.39, 0.29) is 12.4 Å². The molecule has 0 aromatic carbocycles. The van der Waals surface area contributed by atoms with Crippen LogP contribution in [-0.4, -0.2) is 37.1 Å². The molecule has 2 heterocycles. The smallest absolute Gasteiger partial charge is 0.216 e. The van der Waals surface area contributed by atoms with E-state index in [1.54, 1.807) is 11.6 Å². The van der Waals surface area contributed by atoms with Crippen LogP contribution in [0.1, 0.15) is 22.6 Å². The SMILES string of the molecule is O=C(COC[C@@H]1CCCNC1)c1nccs1. The maximum Gasteiger partial charge on any atom is 0.216 e. The third-order valence-electron chi connectivity index (χ3n) is 2.66. The summed E-state index contributed by atoms with van der Waals surface area (Å²) in [6, 6.07) is 0. The molecule has 1 aliphatic rings. The molecule has 0 bridgehead atoms. The Morgan fingerprint density at radius 1 is 1.69 bits per heavy atom. The number of nitrogens with one attached hydrogen (secondary N) is 1. The molecule has 88 valence electrons. The second-order valence-electron chi connectivity index (χ2n) is 3.99. The van der Waals surface area contributed by atoms with Crippen LogP contribution in [0.2, 0.25) is 0 Å². The number of carbonyl (C=O) groups excluding carboxylic acids is 1. The summed E-state index contributed by atoms with van der Waals surface area (Å²) >= 11 is 1.36. The summed E-state index contributed by atoms with van der Waals surface area (Å²) in [5, 5.41) is 5.67. The minimum atomic E-state index is -0.0150. The summed E-state index contributed by atoms with van der Waals surface area (Å²) < 4.78 is 5.44. The second kappa shape index (κ2) is 6.08. The van der Waals surface area contributed by atoms with Gasteiger partial charge in [-0.25, -0.2) is 4.98 Å². The first kappa shape index (κ1) is 11.7. The van der Waals surface area contributed by atoms with E-state index in [0.717, 1.165) is 13.1 Å². The molecular formula is C11H16N2O2S. The lowest BCUT2D eigenvalue weighted by molar-refractivity contribution is 0.0645. The van der Waals surface area contributed by atoms with Gasteiger partial charge in [-0.2, -0.15) is 0 Å². The standard InChI is InChI=1S/C11H16N2O2S/c14-10(11-13-4-5-16-11)8-15-7-9-2-1-3-12-6-9/h4-5,9,12H,1-3,6-8H2/t9-/m1/s1. The minimum absolute atomic E-state index is 0.0150. The molecule has 0 saturated carbocycles. The first-order valence-electron chi connectivity index (χ1n) is 5.57. The van der Waals surface area contributed by atoms with E-state index < -0.39 is 0 Å². The van der Waals surface area contributed by atoms with Gasteiger partial charge in [-0.15, -0.1) is 11.3 Å². The molecule has 1 fully saturated rings. The minimum Gasteiger partial charge on any atom is -0.373 e. The molecule has 5 heteroatoms. The van der Waals surface area contributed by atoms with Gasteiger partial charge in [0.1, 0.15) is 6.61 Å². The van der Waals surface area contributed by atoms with Crippen molar-refractivity contribution in [3.8, 4) is 0 Å². The molecule has 0 unspecified atom stereocenters. The van der Waals surface area contributed by atoms with Crippen LogP contribution >= 0.6 is 11.3 Å². The first-order valence-corrected chi connectivity index (χ1v) is 6.45. The Balaban J connectivity index is 1.66. The highest BCUT2D eigenvalue weighted by atomic mass is 32.1. The molecule has 0 aliphatic carbocycles. The molecule has 16 heavy (non-hydrogen) atoms. The van der Waals surface area contributed by atoms with Crippen LogP contribution in [0.25, 0.3) is 0 Å². The number of piperidine rings is 1. The normalized spacial score (nSPS) is 20.9. The summed E-state index contributed by atoms with van der Waals surface area (Å²) in [6.07, 6.45) is 4.04. The molecular weight excluding hydrogens is 224 g/mol. The van der Waals surface area contributed by atoms with Crippen molar-refractivity contribution in [2.75, 3.05) is 26.3 Å². The summed E-state index contributed by atoms with van der Waals surface area (Å²) in [7, 11) is 0. The van der Waals surface area contributed by atoms with Crippen molar-refractivity contribution >= 4 is 17.1 Å². The topological polar surface area (TPSA) is 51.2 Å². The van der Waals surface area contributed by atoms with Gasteiger partial charge >= 0.3 is 0 Å². The number of ether oxygens (including phenoxy) is 1. The maximum absolute atomic E-state index is 11.6. The van der Waals surface area contributed by atoms with E-state index in [9.17, 15) is 4.79 Å². The van der Waals surface area contributed by atoms with Crippen LogP contribution in [0.5, 0.6) is 0 Å². The van der Waals surface area contributed by atoms with Gasteiger partial charge in [-0.1, -0.05) is 0 Å². The van der Waals surface area contributed by atoms with E-state index in [4.69, 9.17) is 4.74 Å². The number of nitrogens with zero attached hydrogens (tertiary/aromatic N) is 1. The fraction of sp³-hybridized carbons (Fsp3) is 0.636. The lowest BCUT2D eigenvalue weighted by atomic mass is 10.0. The molecule has 1 aromatic rings. The third-order valence-corrected chi connectivity index (χ3v) is 3.47. The van der Waals surface area contributed by atoms with E-state index in [2.05, 4.69) is 10.3 Å². The molecule has 0 radical (unpaired) electrons. The zero-order chi connectivity index (χ0) is 11.2. The average Bonchev–Trinajstić information content (AvgIpc) is 2.84. The van der Waals surface area contributed by atoms with Crippen LogP contribution in [0, 0.1) is 5.92 Å². The summed E-state index contributed by atoms with van der Waals surface area (Å²) in [6.45, 7) is 2.94. The van der Waals surface area contributed by atoms with Crippen LogP contribution in [-0.2, 0) is 4.74 Å². The molecule has 1 saturated heterocycles. The Morgan fingerprint density at radius 3 is 3.31 bits per heavy atom. The van der Waals surface area contributed by atoms with Crippen molar-refractivity contribution in [1.82, 2.24) is 10.3 Å². The quantitative estimate of drug-likeness (QED) is 0.789. The third kappa shape index (κ3) is 3.37. The molecule has 1 aliphatic heterocycles. The zero-order valence-corrected chi connectivity index (χ0v) is 9.96. The summed E-state index contributed by atoms with van der Waals surface area (Å²) in [5.41, 5.74) is 0. The van der Waals surface area contributed by atoms with E-state index in [0.29, 0.717) is 17.5 Å². The van der Waals surface area contributed by atoms with Gasteiger partial charge in [-0.3, -0.25) is 4.79 Å². The largest absolute Gasteiger partial charge is 0.373 e. The predicted molar refractivity (Wildman–Crippen MR) is 62.9 cm³/mol. The summed E-state index contributed by atoms with van der Waals surface area (Å²) in [5.74, 6) is 0.539. The van der Waals surface area contributed by atoms with Gasteiger partial charge in [-0.05, 0) is 25.3 Å². The van der Waals surface area contributed by atoms with Crippen LogP contribution < -0.4 is 5.32 Å². The van der Waals surface area contributed by atoms with Gasteiger partial charge < -0.3 is 10.1 Å². The molecule has 0 spiro atoms. The Labute approximate surface area is 99.0 Å². The van der Waals surface area contributed by atoms with E-state index in [1.165, 1.54) is 24.2 Å². The van der Waals surface area contributed by atoms with Crippen LogP contribution in [0.3, 0.4) is 0 Å². The van der Waals surface area contributed by atoms with Gasteiger partial charge in [0.15, 0.2) is 5.01 Å². The molecule has 2 rings (SSSR count). The highest BCUT2D eigenvalue weighted by molar-refractivity contribution is 7.11. The highest BCUT2D eigenvalue weighted by Gasteiger charge is 2.14. The van der Waals surface area contributed by atoms with Crippen molar-refractivity contribution in [3.05, 3.63) is 16.6 Å². The van der Waals surface area contributed by atoms with Gasteiger partial charge in [0.25, 0.3) is 0 Å². The number of carbonyl (C=O) groups is 1. The second-order valence-corrected chi connectivity index (χ2v) is 4.88. The van der Waals surface area contributed by atoms with Gasteiger partial charge in [0.05, 0.1) is 6.61 Å². The van der Waals surface area contributed by atoms with Gasteiger partial charge in [0.2, 0.25) is 5.78 Å². The van der Waals surface area contributed by atoms with Crippen molar-refractivity contribution < 1.29 is 9.53 Å². The molecule has 1 N–H and O–H groups in total. The fourth-order valence-corrected chi connectivity index (χ4v) is 2.37. The monoisotopic (exact) mass is 240 g/mol. The first-order chi connectivity index (χ1) is 7.86. The van der Waals surface area contributed by atoms with Crippen molar-refractivity contribution in [2.24, 2.45) is 5.92 Å². The Kier molecular flexibility index (Phi) is 4.44. The number of hydrogen-bond acceptors (Lipinski definition) is 5. The van der Waals surface area contributed by atoms with Crippen molar-refractivity contribution in [2.45, 2.75) is 12.8 Å². The lowest BCUT2D eigenvalue weighted by Crippen LogP contribution is -2.32.